The van der Waals surface area contributed by atoms with Crippen LogP contribution in [-0.4, -0.2) is 82.5 Å². The summed E-state index contributed by atoms with van der Waals surface area (Å²) in [4.78, 5) is 46.0. The molecule has 2 fully saturated rings. The first-order valence-electron chi connectivity index (χ1n) is 22.8. The van der Waals surface area contributed by atoms with Crippen LogP contribution in [0.3, 0.4) is 0 Å². The lowest BCUT2D eigenvalue weighted by molar-refractivity contribution is -0.122. The van der Waals surface area contributed by atoms with E-state index in [1.165, 1.54) is 12.1 Å². The highest BCUT2D eigenvalue weighted by Crippen LogP contribution is 2.53. The van der Waals surface area contributed by atoms with Crippen LogP contribution in [0.1, 0.15) is 112 Å². The first-order valence-corrected chi connectivity index (χ1v) is 22.8. The van der Waals surface area contributed by atoms with Gasteiger partial charge in [-0.3, -0.25) is 19.2 Å². The van der Waals surface area contributed by atoms with E-state index in [-0.39, 0.29) is 101 Å². The molecule has 71 heavy (non-hydrogen) atoms. The molecule has 2 unspecified atom stereocenters. The summed E-state index contributed by atoms with van der Waals surface area (Å²) in [6.07, 6.45) is 4.84. The SMILES string of the molecule is C.C.C.CC(C)(C)C1Cc2cc(NC(=O)C3(c4ccc5c(c4)OCO5)CC3)c(F)cc2N1.CC(C)(C)C1Cc2cc(NC(=O)C3(c4ccc5c(c4)OCO5)CC3)c(F)cc2N1CCO.COC.O=CC=O. The summed E-state index contributed by atoms with van der Waals surface area (Å²) in [6.45, 7) is 13.8. The normalized spacial score (nSPS) is 18.2. The fourth-order valence-electron chi connectivity index (χ4n) is 9.19. The standard InChI is InChI=1S/C25H29FN2O4.C23H25FN2O3.C2H2O2.C2H6O.3CH4/c1-24(2,3)22-11-15-10-18(17(26)13-19(15)28(22)8-9-29)27-23(30)25(6-7-25)16-4-5-20-21(12-16)32-14-31-20;1-22(2,3)20-9-13-8-17(15(24)11-16(13)25-20)26-21(27)23(6-7-23)14-4-5-18-19(10-14)29-12-28-18;3-1-2-4;1-3-2;;;/h4-5,10,12-13,22,29H,6-9,11,14H2,1-3H3,(H,27,30);4-5,8,10-11,20,25H,6-7,9,12H2,1-3H3,(H,26,27);1-2H;1-2H3;3*1H4. The minimum absolute atomic E-state index is 0. The van der Waals surface area contributed by atoms with Gasteiger partial charge in [0.05, 0.1) is 28.8 Å². The molecular formula is C55H74F2N4O10. The maximum atomic E-state index is 15.1. The number of nitrogens with one attached hydrogen (secondary N) is 3. The maximum absolute atomic E-state index is 15.1. The molecule has 4 aromatic rings. The molecule has 16 heteroatoms. The molecule has 0 spiro atoms. The van der Waals surface area contributed by atoms with Crippen LogP contribution in [0.2, 0.25) is 0 Å². The highest BCUT2D eigenvalue weighted by atomic mass is 19.1. The van der Waals surface area contributed by atoms with Crippen LogP contribution in [0.25, 0.3) is 0 Å². The minimum atomic E-state index is -0.663. The summed E-state index contributed by atoms with van der Waals surface area (Å²) in [6, 6.07) is 18.1. The summed E-state index contributed by atoms with van der Waals surface area (Å²) in [7, 11) is 3.25. The summed E-state index contributed by atoms with van der Waals surface area (Å²) in [5.41, 5.74) is 4.58. The van der Waals surface area contributed by atoms with Crippen molar-refractivity contribution in [1.82, 2.24) is 0 Å². The zero-order valence-corrected chi connectivity index (χ0v) is 40.0. The highest BCUT2D eigenvalue weighted by Gasteiger charge is 2.53. The first kappa shape index (κ1) is 57.3. The Morgan fingerprint density at radius 3 is 1.58 bits per heavy atom. The van der Waals surface area contributed by atoms with E-state index >= 15 is 4.39 Å². The molecule has 0 bridgehead atoms. The van der Waals surface area contributed by atoms with Gasteiger partial charge in [0.1, 0.15) is 11.6 Å². The molecule has 4 aromatic carbocycles. The van der Waals surface area contributed by atoms with Gasteiger partial charge in [0.2, 0.25) is 25.4 Å². The van der Waals surface area contributed by atoms with Gasteiger partial charge in [-0.1, -0.05) is 76.0 Å². The van der Waals surface area contributed by atoms with Crippen molar-refractivity contribution in [2.45, 2.75) is 125 Å². The van der Waals surface area contributed by atoms with E-state index in [1.807, 2.05) is 36.4 Å². The molecule has 4 aliphatic heterocycles. The number of carbonyl (C=O) groups excluding carboxylic acids is 4. The van der Waals surface area contributed by atoms with Crippen molar-refractivity contribution in [1.29, 1.82) is 0 Å². The Kier molecular flexibility index (Phi) is 18.5. The lowest BCUT2D eigenvalue weighted by Gasteiger charge is -2.36. The third-order valence-corrected chi connectivity index (χ3v) is 13.4. The zero-order chi connectivity index (χ0) is 49.2. The number of aliphatic hydroxyl groups excluding tert-OH is 1. The third-order valence-electron chi connectivity index (χ3n) is 13.4. The highest BCUT2D eigenvalue weighted by molar-refractivity contribution is 6.09. The number of ether oxygens (including phenoxy) is 5. The van der Waals surface area contributed by atoms with Gasteiger partial charge in [0, 0.05) is 44.2 Å². The molecule has 0 aromatic heterocycles. The summed E-state index contributed by atoms with van der Waals surface area (Å²) in [5, 5.41) is 18.6. The number of hydrogen-bond donors (Lipinski definition) is 4. The number of benzene rings is 4. The Bertz CT molecular complexity index is 2540. The molecule has 10 rings (SSSR count). The predicted octanol–water partition coefficient (Wildman–Crippen LogP) is 10.2. The van der Waals surface area contributed by atoms with Gasteiger partial charge in [-0.15, -0.1) is 0 Å². The molecule has 2 saturated carbocycles. The number of halogens is 2. The van der Waals surface area contributed by atoms with Gasteiger partial charge in [0.25, 0.3) is 0 Å². The number of β-amino-alcohol motifs (C(OH)–C–C–N with tert-alkyl or cyclic N) is 1. The first-order chi connectivity index (χ1) is 32.3. The van der Waals surface area contributed by atoms with Crippen molar-refractivity contribution in [2.75, 3.05) is 61.8 Å². The van der Waals surface area contributed by atoms with Gasteiger partial charge < -0.3 is 49.6 Å². The second-order valence-corrected chi connectivity index (χ2v) is 20.1. The van der Waals surface area contributed by atoms with E-state index in [9.17, 15) is 19.1 Å². The van der Waals surface area contributed by atoms with E-state index < -0.39 is 22.5 Å². The molecule has 4 heterocycles. The number of carbonyl (C=O) groups is 4. The number of anilines is 4. The molecule has 2 atom stereocenters. The number of aliphatic hydroxyl groups is 1. The Hall–Kier alpha value is -6.26. The van der Waals surface area contributed by atoms with Gasteiger partial charge in [-0.2, -0.15) is 0 Å². The van der Waals surface area contributed by atoms with Crippen molar-refractivity contribution in [2.24, 2.45) is 10.8 Å². The number of rotatable bonds is 9. The third kappa shape index (κ3) is 12.1. The van der Waals surface area contributed by atoms with E-state index in [2.05, 4.69) is 67.1 Å². The molecule has 388 valence electrons. The van der Waals surface area contributed by atoms with E-state index in [0.29, 0.717) is 42.4 Å². The summed E-state index contributed by atoms with van der Waals surface area (Å²) < 4.78 is 55.7. The fourth-order valence-corrected chi connectivity index (χ4v) is 9.19. The second-order valence-electron chi connectivity index (χ2n) is 20.1. The Morgan fingerprint density at radius 2 is 1.15 bits per heavy atom. The largest absolute Gasteiger partial charge is 0.454 e. The van der Waals surface area contributed by atoms with Crippen molar-refractivity contribution in [3.63, 3.8) is 0 Å². The summed E-state index contributed by atoms with van der Waals surface area (Å²) in [5.74, 6) is 1.41. The topological polar surface area (TPSA) is 174 Å². The van der Waals surface area contributed by atoms with Crippen LogP contribution in [-0.2, 0) is 47.6 Å². The van der Waals surface area contributed by atoms with E-state index in [1.54, 1.807) is 26.4 Å². The monoisotopic (exact) mass is 989 g/mol. The van der Waals surface area contributed by atoms with Gasteiger partial charge in [-0.25, -0.2) is 8.78 Å². The van der Waals surface area contributed by atoms with Crippen molar-refractivity contribution < 1.29 is 56.7 Å². The predicted molar refractivity (Wildman–Crippen MR) is 274 cm³/mol. The van der Waals surface area contributed by atoms with Crippen molar-refractivity contribution in [3.8, 4) is 23.0 Å². The molecule has 6 aliphatic rings. The molecule has 2 aliphatic carbocycles. The van der Waals surface area contributed by atoms with E-state index in [4.69, 9.17) is 28.5 Å². The molecule has 0 radical (unpaired) electrons. The quantitative estimate of drug-likeness (QED) is 0.0925. The average molecular weight is 989 g/mol. The van der Waals surface area contributed by atoms with Gasteiger partial charge >= 0.3 is 0 Å². The minimum Gasteiger partial charge on any atom is -0.454 e. The van der Waals surface area contributed by atoms with Crippen LogP contribution in [0, 0.1) is 22.5 Å². The molecule has 0 saturated heterocycles. The van der Waals surface area contributed by atoms with Crippen LogP contribution in [0.5, 0.6) is 23.0 Å². The van der Waals surface area contributed by atoms with Gasteiger partial charge in [0.15, 0.2) is 35.6 Å². The average Bonchev–Trinajstić information content (AvgIpc) is 4.04. The Labute approximate surface area is 418 Å². The smallest absolute Gasteiger partial charge is 0.235 e. The molecule has 4 N–H and O–H groups in total. The maximum Gasteiger partial charge on any atom is 0.235 e. The number of hydrogen-bond acceptors (Lipinski definition) is 12. The lowest BCUT2D eigenvalue weighted by Crippen LogP contribution is -2.43. The van der Waals surface area contributed by atoms with Crippen LogP contribution < -0.4 is 39.8 Å². The van der Waals surface area contributed by atoms with Gasteiger partial charge in [-0.05, 0) is 120 Å². The number of methoxy groups -OCH3 is 1. The molecule has 2 amide bonds. The number of aldehydes is 2. The van der Waals surface area contributed by atoms with Crippen LogP contribution >= 0.6 is 0 Å². The van der Waals surface area contributed by atoms with Crippen LogP contribution in [0.4, 0.5) is 31.5 Å². The molecular weight excluding hydrogens is 915 g/mol. The fraction of sp³-hybridized carbons (Fsp3) is 0.491. The lowest BCUT2D eigenvalue weighted by atomic mass is 9.84. The van der Waals surface area contributed by atoms with E-state index in [0.717, 1.165) is 59.3 Å². The number of fused-ring (bicyclic) bond motifs is 4. The molecule has 14 nitrogen and oxygen atoms in total. The van der Waals surface area contributed by atoms with Crippen molar-refractivity contribution >= 4 is 47.1 Å². The summed E-state index contributed by atoms with van der Waals surface area (Å²) >= 11 is 0. The second kappa shape index (κ2) is 22.9. The van der Waals surface area contributed by atoms with Crippen molar-refractivity contribution in [3.05, 3.63) is 94.6 Å². The number of amides is 2. The number of nitrogens with zero attached hydrogens (tertiary/aromatic N) is 1. The Morgan fingerprint density at radius 1 is 0.704 bits per heavy atom. The zero-order valence-electron chi connectivity index (χ0n) is 40.0. The van der Waals surface area contributed by atoms with Crippen LogP contribution in [0.15, 0.2) is 60.7 Å². The Balaban J connectivity index is 0.000000264.